The molecule has 0 aliphatic carbocycles. The zero-order valence-corrected chi connectivity index (χ0v) is 10.7. The summed E-state index contributed by atoms with van der Waals surface area (Å²) in [6, 6.07) is 0. The first-order valence-electron chi connectivity index (χ1n) is 5.13. The number of rotatable bonds is 1. The van der Waals surface area contributed by atoms with Gasteiger partial charge >= 0.3 is 0 Å². The number of thiazole rings is 1. The molecule has 1 saturated heterocycles. The smallest absolute Gasteiger partial charge is 0.0897 e. The Hall–Kier alpha value is -0.0200. The monoisotopic (exact) mass is 227 g/mol. The lowest BCUT2D eigenvalue weighted by atomic mass is 9.91. The van der Waals surface area contributed by atoms with E-state index in [0.717, 1.165) is 0 Å². The molecule has 0 saturated carbocycles. The van der Waals surface area contributed by atoms with Gasteiger partial charge in [0.25, 0.3) is 0 Å². The van der Waals surface area contributed by atoms with Gasteiger partial charge in [-0.2, -0.15) is 11.8 Å². The molecular formula is C11H17NS2. The zero-order valence-electron chi connectivity index (χ0n) is 9.04. The van der Waals surface area contributed by atoms with E-state index in [9.17, 15) is 0 Å². The van der Waals surface area contributed by atoms with Crippen LogP contribution < -0.4 is 0 Å². The molecule has 3 heteroatoms. The van der Waals surface area contributed by atoms with Gasteiger partial charge in [0.1, 0.15) is 0 Å². The first-order chi connectivity index (χ1) is 6.57. The average molecular weight is 227 g/mol. The highest BCUT2D eigenvalue weighted by Crippen LogP contribution is 2.43. The van der Waals surface area contributed by atoms with Crippen molar-refractivity contribution in [3.8, 4) is 0 Å². The van der Waals surface area contributed by atoms with Crippen molar-refractivity contribution in [2.75, 3.05) is 5.75 Å². The Morgan fingerprint density at radius 1 is 1.50 bits per heavy atom. The summed E-state index contributed by atoms with van der Waals surface area (Å²) in [5.41, 5.74) is 1.33. The van der Waals surface area contributed by atoms with E-state index in [-0.39, 0.29) is 0 Å². The van der Waals surface area contributed by atoms with E-state index in [1.165, 1.54) is 29.3 Å². The topological polar surface area (TPSA) is 12.9 Å². The van der Waals surface area contributed by atoms with Crippen molar-refractivity contribution in [2.45, 2.75) is 44.3 Å². The van der Waals surface area contributed by atoms with E-state index in [1.807, 2.05) is 0 Å². The summed E-state index contributed by atoms with van der Waals surface area (Å²) < 4.78 is 0.445. The quantitative estimate of drug-likeness (QED) is 0.723. The Kier molecular flexibility index (Phi) is 2.89. The minimum atomic E-state index is 0.445. The normalized spacial score (nSPS) is 26.4. The maximum absolute atomic E-state index is 4.61. The Balaban J connectivity index is 2.12. The van der Waals surface area contributed by atoms with Crippen LogP contribution in [0.1, 0.15) is 43.3 Å². The molecule has 0 amide bonds. The molecule has 1 nitrogen and oxygen atoms in total. The van der Waals surface area contributed by atoms with Crippen LogP contribution >= 0.6 is 23.1 Å². The summed E-state index contributed by atoms with van der Waals surface area (Å²) in [6.07, 6.45) is 2.58. The summed E-state index contributed by atoms with van der Waals surface area (Å²) in [5, 5.41) is 3.45. The lowest BCUT2D eigenvalue weighted by Crippen LogP contribution is -2.25. The van der Waals surface area contributed by atoms with Gasteiger partial charge < -0.3 is 0 Å². The molecular weight excluding hydrogens is 210 g/mol. The van der Waals surface area contributed by atoms with Gasteiger partial charge in [0, 0.05) is 16.0 Å². The highest BCUT2D eigenvalue weighted by molar-refractivity contribution is 8.00. The molecule has 2 rings (SSSR count). The van der Waals surface area contributed by atoms with Crippen LogP contribution in [0.5, 0.6) is 0 Å². The van der Waals surface area contributed by atoms with Crippen LogP contribution in [-0.2, 0) is 0 Å². The highest BCUT2D eigenvalue weighted by Gasteiger charge is 2.30. The van der Waals surface area contributed by atoms with Crippen molar-refractivity contribution in [3.63, 3.8) is 0 Å². The summed E-state index contributed by atoms with van der Waals surface area (Å²) >= 11 is 3.88. The van der Waals surface area contributed by atoms with Gasteiger partial charge in [0.15, 0.2) is 0 Å². The summed E-state index contributed by atoms with van der Waals surface area (Å²) in [5.74, 6) is 1.99. The largest absolute Gasteiger partial charge is 0.246 e. The molecule has 1 atom stereocenters. The number of aryl methyl sites for hydroxylation is 1. The molecule has 2 heterocycles. The minimum Gasteiger partial charge on any atom is -0.246 e. The minimum absolute atomic E-state index is 0.445. The molecule has 1 aliphatic rings. The molecule has 14 heavy (non-hydrogen) atoms. The van der Waals surface area contributed by atoms with Crippen LogP contribution in [0.15, 0.2) is 5.38 Å². The summed E-state index contributed by atoms with van der Waals surface area (Å²) in [6.45, 7) is 6.79. The molecule has 0 N–H and O–H groups in total. The lowest BCUT2D eigenvalue weighted by molar-refractivity contribution is 0.498. The molecule has 78 valence electrons. The molecule has 1 aliphatic heterocycles. The maximum Gasteiger partial charge on any atom is 0.0897 e. The fraction of sp³-hybridized carbons (Fsp3) is 0.727. The van der Waals surface area contributed by atoms with Gasteiger partial charge in [0.2, 0.25) is 0 Å². The fourth-order valence-electron chi connectivity index (χ4n) is 2.05. The molecule has 0 radical (unpaired) electrons. The summed E-state index contributed by atoms with van der Waals surface area (Å²) in [4.78, 5) is 4.61. The van der Waals surface area contributed by atoms with Crippen molar-refractivity contribution in [2.24, 2.45) is 0 Å². The number of aromatic nitrogens is 1. The van der Waals surface area contributed by atoms with Gasteiger partial charge in [-0.1, -0.05) is 13.8 Å². The summed E-state index contributed by atoms with van der Waals surface area (Å²) in [7, 11) is 0. The molecule has 0 spiro atoms. The van der Waals surface area contributed by atoms with Crippen LogP contribution in [-0.4, -0.2) is 15.5 Å². The van der Waals surface area contributed by atoms with Gasteiger partial charge in [-0.05, 0) is 25.5 Å². The number of nitrogens with zero attached hydrogens (tertiary/aromatic N) is 1. The second kappa shape index (κ2) is 3.86. The fourth-order valence-corrected chi connectivity index (χ4v) is 4.02. The molecule has 1 aromatic heterocycles. The zero-order chi connectivity index (χ0) is 10.2. The van der Waals surface area contributed by atoms with Gasteiger partial charge in [-0.15, -0.1) is 11.3 Å². The lowest BCUT2D eigenvalue weighted by Gasteiger charge is -2.33. The van der Waals surface area contributed by atoms with E-state index >= 15 is 0 Å². The number of hydrogen-bond donors (Lipinski definition) is 0. The standard InChI is InChI=1S/C11H17NS2/c1-8-12-10(7-13-8)9-4-5-14-11(2,3)6-9/h7,9H,4-6H2,1-3H3. The molecule has 0 bridgehead atoms. The van der Waals surface area contributed by atoms with Gasteiger partial charge in [-0.25, -0.2) is 4.98 Å². The van der Waals surface area contributed by atoms with Crippen LogP contribution in [0.2, 0.25) is 0 Å². The third-order valence-electron chi connectivity index (χ3n) is 2.75. The van der Waals surface area contributed by atoms with Crippen molar-refractivity contribution in [1.82, 2.24) is 4.98 Å². The third kappa shape index (κ3) is 2.31. The van der Waals surface area contributed by atoms with E-state index in [0.29, 0.717) is 10.7 Å². The molecule has 1 aromatic rings. The second-order valence-electron chi connectivity index (χ2n) is 4.59. The first kappa shape index (κ1) is 10.5. The van der Waals surface area contributed by atoms with Gasteiger partial charge in [0.05, 0.1) is 10.7 Å². The third-order valence-corrected chi connectivity index (χ3v) is 4.93. The maximum atomic E-state index is 4.61. The van der Waals surface area contributed by atoms with Crippen molar-refractivity contribution >= 4 is 23.1 Å². The second-order valence-corrected chi connectivity index (χ2v) is 7.45. The van der Waals surface area contributed by atoms with E-state index < -0.39 is 0 Å². The van der Waals surface area contributed by atoms with Gasteiger partial charge in [-0.3, -0.25) is 0 Å². The average Bonchev–Trinajstić information content (AvgIpc) is 2.50. The van der Waals surface area contributed by atoms with Crippen LogP contribution in [0.3, 0.4) is 0 Å². The number of hydrogen-bond acceptors (Lipinski definition) is 3. The predicted molar refractivity (Wildman–Crippen MR) is 65.4 cm³/mol. The number of thioether (sulfide) groups is 1. The van der Waals surface area contributed by atoms with Crippen LogP contribution in [0, 0.1) is 6.92 Å². The Morgan fingerprint density at radius 3 is 2.86 bits per heavy atom. The van der Waals surface area contributed by atoms with Crippen molar-refractivity contribution < 1.29 is 0 Å². The Bertz CT molecular complexity index is 317. The Morgan fingerprint density at radius 2 is 2.29 bits per heavy atom. The first-order valence-corrected chi connectivity index (χ1v) is 6.99. The van der Waals surface area contributed by atoms with E-state index in [4.69, 9.17) is 0 Å². The Labute approximate surface area is 94.3 Å². The molecule has 1 unspecified atom stereocenters. The molecule has 1 fully saturated rings. The predicted octanol–water partition coefficient (Wildman–Crippen LogP) is 3.84. The molecule has 0 aromatic carbocycles. The van der Waals surface area contributed by atoms with E-state index in [2.05, 4.69) is 42.9 Å². The van der Waals surface area contributed by atoms with Crippen LogP contribution in [0.4, 0.5) is 0 Å². The van der Waals surface area contributed by atoms with Crippen molar-refractivity contribution in [1.29, 1.82) is 0 Å². The SMILES string of the molecule is Cc1nc(C2CCSC(C)(C)C2)cs1. The highest BCUT2D eigenvalue weighted by atomic mass is 32.2. The van der Waals surface area contributed by atoms with Crippen molar-refractivity contribution in [3.05, 3.63) is 16.1 Å². The van der Waals surface area contributed by atoms with Crippen LogP contribution in [0.25, 0.3) is 0 Å². The van der Waals surface area contributed by atoms with E-state index in [1.54, 1.807) is 11.3 Å².